The van der Waals surface area contributed by atoms with Gasteiger partial charge in [-0.25, -0.2) is 0 Å². The zero-order chi connectivity index (χ0) is 10.7. The molecule has 1 aromatic rings. The molecule has 3 heteroatoms. The third-order valence-corrected chi connectivity index (χ3v) is 2.25. The maximum Gasteiger partial charge on any atom is 0.142 e. The minimum absolute atomic E-state index is 0.00509. The Morgan fingerprint density at radius 2 is 2.33 bits per heavy atom. The van der Waals surface area contributed by atoms with E-state index < -0.39 is 0 Å². The Hall–Kier alpha value is -1.92. The molecular weight excluding hydrogens is 190 g/mol. The fraction of sp³-hybridized carbons (Fsp3) is 0.167. The third kappa shape index (κ3) is 2.12. The third-order valence-electron chi connectivity index (χ3n) is 2.25. The van der Waals surface area contributed by atoms with Gasteiger partial charge in [0.05, 0.1) is 11.6 Å². The van der Waals surface area contributed by atoms with Gasteiger partial charge in [-0.2, -0.15) is 5.26 Å². The maximum absolute atomic E-state index is 10.1. The van der Waals surface area contributed by atoms with Crippen LogP contribution in [-0.4, -0.2) is 12.4 Å². The van der Waals surface area contributed by atoms with Gasteiger partial charge < -0.3 is 4.74 Å². The maximum atomic E-state index is 10.1. The van der Waals surface area contributed by atoms with Crippen LogP contribution >= 0.6 is 0 Å². The number of aldehydes is 1. The topological polar surface area (TPSA) is 53.4 Å². The Balaban J connectivity index is 2.10. The van der Waals surface area contributed by atoms with Gasteiger partial charge in [0.25, 0.3) is 0 Å². The summed E-state index contributed by atoms with van der Waals surface area (Å²) in [6.45, 7) is 0. The SMILES string of the molecule is N#Cc1cccc(C2OC2/C=C/C=O)c1. The van der Waals surface area contributed by atoms with Gasteiger partial charge >= 0.3 is 0 Å². The van der Waals surface area contributed by atoms with Gasteiger partial charge in [-0.15, -0.1) is 0 Å². The Labute approximate surface area is 87.6 Å². The number of hydrogen-bond acceptors (Lipinski definition) is 3. The largest absolute Gasteiger partial charge is 0.360 e. The van der Waals surface area contributed by atoms with Crippen LogP contribution in [0, 0.1) is 11.3 Å². The number of allylic oxidation sites excluding steroid dienone is 1. The lowest BCUT2D eigenvalue weighted by molar-refractivity contribution is -0.104. The molecule has 2 atom stereocenters. The first-order valence-electron chi connectivity index (χ1n) is 4.62. The van der Waals surface area contributed by atoms with E-state index in [0.717, 1.165) is 11.8 Å². The smallest absolute Gasteiger partial charge is 0.142 e. The quantitative estimate of drug-likeness (QED) is 0.423. The Morgan fingerprint density at radius 1 is 1.47 bits per heavy atom. The van der Waals surface area contributed by atoms with Crippen molar-refractivity contribution >= 4 is 6.29 Å². The van der Waals surface area contributed by atoms with E-state index in [9.17, 15) is 4.79 Å². The lowest BCUT2D eigenvalue weighted by atomic mass is 10.1. The lowest BCUT2D eigenvalue weighted by Crippen LogP contribution is -1.86. The first-order chi connectivity index (χ1) is 7.35. The molecule has 0 saturated carbocycles. The molecule has 3 nitrogen and oxygen atoms in total. The number of nitriles is 1. The minimum atomic E-state index is -0.0239. The minimum Gasteiger partial charge on any atom is -0.360 e. The fourth-order valence-corrected chi connectivity index (χ4v) is 1.48. The van der Waals surface area contributed by atoms with Crippen LogP contribution in [0.4, 0.5) is 0 Å². The van der Waals surface area contributed by atoms with E-state index in [0.29, 0.717) is 5.56 Å². The summed E-state index contributed by atoms with van der Waals surface area (Å²) < 4.78 is 5.35. The van der Waals surface area contributed by atoms with Gasteiger partial charge in [0.1, 0.15) is 18.5 Å². The highest BCUT2D eigenvalue weighted by Gasteiger charge is 2.37. The van der Waals surface area contributed by atoms with Gasteiger partial charge in [-0.1, -0.05) is 12.1 Å². The average molecular weight is 199 g/mol. The van der Waals surface area contributed by atoms with E-state index in [1.165, 1.54) is 6.08 Å². The molecule has 0 bridgehead atoms. The summed E-state index contributed by atoms with van der Waals surface area (Å²) in [5.41, 5.74) is 1.61. The molecule has 0 spiro atoms. The zero-order valence-electron chi connectivity index (χ0n) is 7.96. The summed E-state index contributed by atoms with van der Waals surface area (Å²) in [6.07, 6.45) is 3.85. The van der Waals surface area contributed by atoms with Gasteiger partial charge in [-0.3, -0.25) is 4.79 Å². The van der Waals surface area contributed by atoms with E-state index >= 15 is 0 Å². The van der Waals surface area contributed by atoms with E-state index in [2.05, 4.69) is 6.07 Å². The monoisotopic (exact) mass is 199 g/mol. The van der Waals surface area contributed by atoms with Crippen molar-refractivity contribution in [1.29, 1.82) is 5.26 Å². The van der Waals surface area contributed by atoms with Crippen LogP contribution in [0.25, 0.3) is 0 Å². The summed E-state index contributed by atoms with van der Waals surface area (Å²) in [5, 5.41) is 8.72. The van der Waals surface area contributed by atoms with Crippen LogP contribution in [0.15, 0.2) is 36.4 Å². The molecule has 2 unspecified atom stereocenters. The summed E-state index contributed by atoms with van der Waals surface area (Å²) in [5.74, 6) is 0. The van der Waals surface area contributed by atoms with Crippen molar-refractivity contribution in [3.05, 3.63) is 47.5 Å². The second-order valence-electron chi connectivity index (χ2n) is 3.28. The fourth-order valence-electron chi connectivity index (χ4n) is 1.48. The number of carbonyl (C=O) groups is 1. The van der Waals surface area contributed by atoms with E-state index in [4.69, 9.17) is 10.00 Å². The standard InChI is InChI=1S/C12H9NO2/c13-8-9-3-1-4-10(7-9)12-11(15-12)5-2-6-14/h1-7,11-12H/b5-2+. The lowest BCUT2D eigenvalue weighted by Gasteiger charge is -1.94. The molecule has 0 aliphatic carbocycles. The molecule has 0 radical (unpaired) electrons. The highest BCUT2D eigenvalue weighted by atomic mass is 16.6. The number of benzene rings is 1. The summed E-state index contributed by atoms with van der Waals surface area (Å²) in [4.78, 5) is 10.1. The van der Waals surface area contributed by atoms with Crippen LogP contribution in [0.5, 0.6) is 0 Å². The molecule has 15 heavy (non-hydrogen) atoms. The van der Waals surface area contributed by atoms with Crippen molar-refractivity contribution in [3.8, 4) is 6.07 Å². The molecule has 1 heterocycles. The van der Waals surface area contributed by atoms with E-state index in [1.54, 1.807) is 18.2 Å². The first-order valence-corrected chi connectivity index (χ1v) is 4.62. The number of rotatable bonds is 3. The summed E-state index contributed by atoms with van der Waals surface area (Å²) in [6, 6.07) is 9.38. The number of epoxide rings is 1. The summed E-state index contributed by atoms with van der Waals surface area (Å²) in [7, 11) is 0. The number of nitrogens with zero attached hydrogens (tertiary/aromatic N) is 1. The molecule has 1 saturated heterocycles. The van der Waals surface area contributed by atoms with Crippen molar-refractivity contribution in [1.82, 2.24) is 0 Å². The average Bonchev–Trinajstić information content (AvgIpc) is 3.06. The Morgan fingerprint density at radius 3 is 3.07 bits per heavy atom. The van der Waals surface area contributed by atoms with Gasteiger partial charge in [0.2, 0.25) is 0 Å². The Kier molecular flexibility index (Phi) is 2.61. The Bertz CT molecular complexity index is 445. The first kappa shape index (κ1) is 9.63. The van der Waals surface area contributed by atoms with Crippen LogP contribution in [-0.2, 0) is 9.53 Å². The van der Waals surface area contributed by atoms with Gasteiger partial charge in [-0.05, 0) is 29.8 Å². The summed E-state index contributed by atoms with van der Waals surface area (Å²) >= 11 is 0. The molecule has 74 valence electrons. The van der Waals surface area contributed by atoms with Crippen LogP contribution in [0.1, 0.15) is 17.2 Å². The molecule has 0 N–H and O–H groups in total. The van der Waals surface area contributed by atoms with Crippen molar-refractivity contribution in [2.24, 2.45) is 0 Å². The molecule has 1 aromatic carbocycles. The molecule has 1 aliphatic heterocycles. The molecule has 0 amide bonds. The number of hydrogen-bond donors (Lipinski definition) is 0. The highest BCUT2D eigenvalue weighted by molar-refractivity contribution is 5.65. The second kappa shape index (κ2) is 4.07. The highest BCUT2D eigenvalue weighted by Crippen LogP contribution is 2.39. The van der Waals surface area contributed by atoms with Gasteiger partial charge in [0.15, 0.2) is 0 Å². The van der Waals surface area contributed by atoms with Crippen molar-refractivity contribution in [3.63, 3.8) is 0 Å². The number of carbonyl (C=O) groups excluding carboxylic acids is 1. The predicted octanol–water partition coefficient (Wildman–Crippen LogP) is 1.75. The van der Waals surface area contributed by atoms with E-state index in [1.807, 2.05) is 12.1 Å². The normalized spacial score (nSPS) is 23.7. The molecular formula is C12H9NO2. The van der Waals surface area contributed by atoms with Crippen LogP contribution in [0.3, 0.4) is 0 Å². The second-order valence-corrected chi connectivity index (χ2v) is 3.28. The molecule has 2 rings (SSSR count). The molecule has 1 fully saturated rings. The molecule has 1 aliphatic rings. The van der Waals surface area contributed by atoms with Crippen molar-refractivity contribution in [2.75, 3.05) is 0 Å². The van der Waals surface area contributed by atoms with Crippen LogP contribution < -0.4 is 0 Å². The van der Waals surface area contributed by atoms with E-state index in [-0.39, 0.29) is 12.2 Å². The van der Waals surface area contributed by atoms with Gasteiger partial charge in [0, 0.05) is 0 Å². The van der Waals surface area contributed by atoms with Crippen LogP contribution in [0.2, 0.25) is 0 Å². The van der Waals surface area contributed by atoms with Crippen molar-refractivity contribution < 1.29 is 9.53 Å². The number of ether oxygens (including phenoxy) is 1. The van der Waals surface area contributed by atoms with Crippen molar-refractivity contribution in [2.45, 2.75) is 12.2 Å². The molecule has 0 aromatic heterocycles. The predicted molar refractivity (Wildman–Crippen MR) is 54.0 cm³/mol. The zero-order valence-corrected chi connectivity index (χ0v) is 7.96.